The number of amides is 3. The standard InChI is InChI=1S/C21H24N2O5S/c1-4-12(2)22-21(26)23-18(24)11-28-20(25)17-10-14-6-5-13-9-15(27-3)7-8-16(13)19(14)29-17/h7-10,12H,4-6,11H2,1-3H3,(H2,22,23,24,26)/t12-/m1/s1. The largest absolute Gasteiger partial charge is 0.497 e. The highest BCUT2D eigenvalue weighted by Crippen LogP contribution is 2.40. The van der Waals surface area contributed by atoms with Gasteiger partial charge in [-0.25, -0.2) is 9.59 Å². The number of ether oxygens (including phenoxy) is 2. The second kappa shape index (κ2) is 9.09. The Balaban J connectivity index is 1.61. The zero-order valence-corrected chi connectivity index (χ0v) is 17.5. The number of urea groups is 1. The lowest BCUT2D eigenvalue weighted by atomic mass is 9.91. The van der Waals surface area contributed by atoms with Crippen molar-refractivity contribution in [2.24, 2.45) is 0 Å². The van der Waals surface area contributed by atoms with Crippen molar-refractivity contribution in [1.82, 2.24) is 10.6 Å². The summed E-state index contributed by atoms with van der Waals surface area (Å²) in [5.41, 5.74) is 3.37. The molecule has 8 heteroatoms. The number of hydrogen-bond acceptors (Lipinski definition) is 6. The topological polar surface area (TPSA) is 93.7 Å². The molecule has 0 fully saturated rings. The van der Waals surface area contributed by atoms with Gasteiger partial charge in [-0.3, -0.25) is 10.1 Å². The monoisotopic (exact) mass is 416 g/mol. The maximum atomic E-state index is 12.4. The van der Waals surface area contributed by atoms with Crippen LogP contribution in [0.5, 0.6) is 5.75 Å². The first-order chi connectivity index (χ1) is 13.9. The number of thiophene rings is 1. The van der Waals surface area contributed by atoms with Crippen LogP contribution in [0.15, 0.2) is 24.3 Å². The molecule has 0 saturated heterocycles. The Kier molecular flexibility index (Phi) is 6.53. The molecule has 2 aromatic rings. The minimum atomic E-state index is -0.669. The molecule has 7 nitrogen and oxygen atoms in total. The van der Waals surface area contributed by atoms with Crippen LogP contribution < -0.4 is 15.4 Å². The molecular weight excluding hydrogens is 392 g/mol. The Morgan fingerprint density at radius 2 is 1.93 bits per heavy atom. The van der Waals surface area contributed by atoms with Gasteiger partial charge >= 0.3 is 12.0 Å². The van der Waals surface area contributed by atoms with Gasteiger partial charge in [0, 0.05) is 10.9 Å². The minimum Gasteiger partial charge on any atom is -0.497 e. The predicted octanol–water partition coefficient (Wildman–Crippen LogP) is 3.30. The Bertz CT molecular complexity index is 937. The molecule has 1 aliphatic carbocycles. The summed E-state index contributed by atoms with van der Waals surface area (Å²) < 4.78 is 10.4. The van der Waals surface area contributed by atoms with E-state index < -0.39 is 24.5 Å². The molecule has 0 saturated carbocycles. The highest BCUT2D eigenvalue weighted by atomic mass is 32.1. The van der Waals surface area contributed by atoms with Crippen LogP contribution in [0, 0.1) is 0 Å². The van der Waals surface area contributed by atoms with Crippen molar-refractivity contribution >= 4 is 29.2 Å². The Hall–Kier alpha value is -2.87. The molecule has 3 amide bonds. The van der Waals surface area contributed by atoms with Crippen molar-refractivity contribution < 1.29 is 23.9 Å². The first kappa shape index (κ1) is 20.9. The first-order valence-corrected chi connectivity index (χ1v) is 10.3. The molecule has 29 heavy (non-hydrogen) atoms. The number of carbonyl (C=O) groups excluding carboxylic acids is 3. The third kappa shape index (κ3) is 4.95. The number of aryl methyl sites for hydroxylation is 2. The van der Waals surface area contributed by atoms with E-state index in [0.29, 0.717) is 4.88 Å². The van der Waals surface area contributed by atoms with Gasteiger partial charge in [0.1, 0.15) is 10.6 Å². The van der Waals surface area contributed by atoms with Crippen molar-refractivity contribution in [1.29, 1.82) is 0 Å². The molecule has 1 aliphatic rings. The smallest absolute Gasteiger partial charge is 0.348 e. The maximum absolute atomic E-state index is 12.4. The molecule has 0 spiro atoms. The number of rotatable bonds is 6. The number of imide groups is 1. The summed E-state index contributed by atoms with van der Waals surface area (Å²) in [6.07, 6.45) is 2.45. The molecule has 154 valence electrons. The summed E-state index contributed by atoms with van der Waals surface area (Å²) in [4.78, 5) is 37.3. The average molecular weight is 416 g/mol. The van der Waals surface area contributed by atoms with E-state index in [0.717, 1.165) is 41.0 Å². The van der Waals surface area contributed by atoms with Crippen molar-refractivity contribution in [3.05, 3.63) is 40.3 Å². The fourth-order valence-corrected chi connectivity index (χ4v) is 4.23. The van der Waals surface area contributed by atoms with Crippen LogP contribution in [0.25, 0.3) is 10.4 Å². The maximum Gasteiger partial charge on any atom is 0.348 e. The number of carbonyl (C=O) groups is 3. The van der Waals surface area contributed by atoms with Crippen molar-refractivity contribution in [3.63, 3.8) is 0 Å². The Morgan fingerprint density at radius 3 is 2.66 bits per heavy atom. The second-order valence-corrected chi connectivity index (χ2v) is 7.95. The van der Waals surface area contributed by atoms with Crippen LogP contribution >= 0.6 is 11.3 Å². The van der Waals surface area contributed by atoms with Gasteiger partial charge < -0.3 is 14.8 Å². The van der Waals surface area contributed by atoms with Crippen LogP contribution in [0.4, 0.5) is 4.79 Å². The Morgan fingerprint density at radius 1 is 1.17 bits per heavy atom. The third-order valence-corrected chi connectivity index (χ3v) is 6.00. The summed E-state index contributed by atoms with van der Waals surface area (Å²) in [5.74, 6) is -0.429. The van der Waals surface area contributed by atoms with Crippen LogP contribution in [0.1, 0.15) is 41.1 Å². The molecule has 0 radical (unpaired) electrons. The quantitative estimate of drug-likeness (QED) is 0.705. The number of benzene rings is 1. The van der Waals surface area contributed by atoms with Gasteiger partial charge in [0.15, 0.2) is 6.61 Å². The van der Waals surface area contributed by atoms with Crippen LogP contribution in [0.3, 0.4) is 0 Å². The second-order valence-electron chi connectivity index (χ2n) is 6.90. The number of nitrogens with one attached hydrogen (secondary N) is 2. The lowest BCUT2D eigenvalue weighted by molar-refractivity contribution is -0.123. The third-order valence-electron chi connectivity index (χ3n) is 4.81. The summed E-state index contributed by atoms with van der Waals surface area (Å²) in [7, 11) is 1.64. The van der Waals surface area contributed by atoms with Gasteiger partial charge in [-0.2, -0.15) is 0 Å². The predicted molar refractivity (Wildman–Crippen MR) is 110 cm³/mol. The summed E-state index contributed by atoms with van der Waals surface area (Å²) >= 11 is 1.35. The van der Waals surface area contributed by atoms with Gasteiger partial charge in [-0.05, 0) is 67.1 Å². The summed E-state index contributed by atoms with van der Waals surface area (Å²) in [6.45, 7) is 3.24. The molecule has 1 atom stereocenters. The number of esters is 1. The van der Waals surface area contributed by atoms with Gasteiger partial charge in [0.25, 0.3) is 5.91 Å². The van der Waals surface area contributed by atoms with E-state index in [9.17, 15) is 14.4 Å². The van der Waals surface area contributed by atoms with E-state index in [4.69, 9.17) is 9.47 Å². The Labute approximate surface area is 173 Å². The van der Waals surface area contributed by atoms with E-state index in [1.807, 2.05) is 38.1 Å². The highest BCUT2D eigenvalue weighted by molar-refractivity contribution is 7.17. The van der Waals surface area contributed by atoms with Crippen molar-refractivity contribution in [3.8, 4) is 16.2 Å². The van der Waals surface area contributed by atoms with E-state index in [2.05, 4.69) is 10.6 Å². The van der Waals surface area contributed by atoms with Crippen molar-refractivity contribution in [2.45, 2.75) is 39.2 Å². The zero-order chi connectivity index (χ0) is 21.0. The molecule has 0 aliphatic heterocycles. The number of hydrogen-bond donors (Lipinski definition) is 2. The van der Waals surface area contributed by atoms with Gasteiger partial charge in [-0.15, -0.1) is 11.3 Å². The SMILES string of the molecule is CC[C@@H](C)NC(=O)NC(=O)COC(=O)c1cc2c(s1)-c1ccc(OC)cc1CC2. The fraction of sp³-hybridized carbons (Fsp3) is 0.381. The van der Waals surface area contributed by atoms with Crippen LogP contribution in [0.2, 0.25) is 0 Å². The van der Waals surface area contributed by atoms with E-state index in [1.165, 1.54) is 16.9 Å². The molecule has 1 heterocycles. The molecule has 1 aromatic heterocycles. The van der Waals surface area contributed by atoms with Crippen molar-refractivity contribution in [2.75, 3.05) is 13.7 Å². The fourth-order valence-electron chi connectivity index (χ4n) is 3.06. The van der Waals surface area contributed by atoms with E-state index in [1.54, 1.807) is 7.11 Å². The normalized spacial score (nSPS) is 12.9. The summed E-state index contributed by atoms with van der Waals surface area (Å²) in [6, 6.07) is 7.10. The summed E-state index contributed by atoms with van der Waals surface area (Å²) in [5, 5.41) is 4.76. The minimum absolute atomic E-state index is 0.0503. The van der Waals surface area contributed by atoms with E-state index >= 15 is 0 Å². The van der Waals surface area contributed by atoms with Gasteiger partial charge in [-0.1, -0.05) is 6.92 Å². The zero-order valence-electron chi connectivity index (χ0n) is 16.7. The number of fused-ring (bicyclic) bond motifs is 3. The molecule has 0 unspecified atom stereocenters. The molecule has 2 N–H and O–H groups in total. The van der Waals surface area contributed by atoms with Crippen LogP contribution in [-0.4, -0.2) is 37.7 Å². The molecule has 3 rings (SSSR count). The highest BCUT2D eigenvalue weighted by Gasteiger charge is 2.23. The van der Waals surface area contributed by atoms with E-state index in [-0.39, 0.29) is 6.04 Å². The molecular formula is C21H24N2O5S. The number of methoxy groups -OCH3 is 1. The lowest BCUT2D eigenvalue weighted by Gasteiger charge is -2.16. The van der Waals surface area contributed by atoms with Gasteiger partial charge in [0.2, 0.25) is 0 Å². The lowest BCUT2D eigenvalue weighted by Crippen LogP contribution is -2.44. The molecule has 0 bridgehead atoms. The van der Waals surface area contributed by atoms with Crippen LogP contribution in [-0.2, 0) is 22.4 Å². The average Bonchev–Trinajstić information content (AvgIpc) is 3.16. The molecule has 1 aromatic carbocycles. The van der Waals surface area contributed by atoms with Gasteiger partial charge in [0.05, 0.1) is 7.11 Å². The first-order valence-electron chi connectivity index (χ1n) is 9.48.